The van der Waals surface area contributed by atoms with Gasteiger partial charge in [-0.15, -0.1) is 0 Å². The Labute approximate surface area is 172 Å². The number of likely N-dealkylation sites (N-methyl/N-ethyl adjacent to an activating group) is 1. The number of piperazine rings is 1. The van der Waals surface area contributed by atoms with Crippen LogP contribution >= 0.6 is 0 Å². The van der Waals surface area contributed by atoms with Crippen LogP contribution in [0.5, 0.6) is 0 Å². The van der Waals surface area contributed by atoms with Crippen LogP contribution in [0.25, 0.3) is 10.9 Å². The molecule has 0 bridgehead atoms. The molecule has 0 aliphatic carbocycles. The van der Waals surface area contributed by atoms with Gasteiger partial charge in [-0.3, -0.25) is 4.79 Å². The summed E-state index contributed by atoms with van der Waals surface area (Å²) in [7, 11) is 2.20. The Balaban J connectivity index is 1.24. The van der Waals surface area contributed by atoms with Crippen LogP contribution in [0.15, 0.2) is 30.5 Å². The summed E-state index contributed by atoms with van der Waals surface area (Å²) in [5, 5.41) is 1.01. The minimum atomic E-state index is -0.142. The Morgan fingerprint density at radius 3 is 2.90 bits per heavy atom. The van der Waals surface area contributed by atoms with Gasteiger partial charge >= 0.3 is 0 Å². The molecule has 2 aromatic rings. The largest absolute Gasteiger partial charge is 0.373 e. The summed E-state index contributed by atoms with van der Waals surface area (Å²) in [5.74, 6) is 0.717. The number of benzene rings is 1. The average molecular weight is 397 g/mol. The zero-order valence-corrected chi connectivity index (χ0v) is 17.4. The zero-order valence-electron chi connectivity index (χ0n) is 17.4. The van der Waals surface area contributed by atoms with E-state index in [1.54, 1.807) is 0 Å². The monoisotopic (exact) mass is 396 g/mol. The highest BCUT2D eigenvalue weighted by molar-refractivity contribution is 6.06. The first-order valence-corrected chi connectivity index (χ1v) is 11.0. The third kappa shape index (κ3) is 3.81. The molecule has 3 saturated heterocycles. The number of rotatable bonds is 3. The highest BCUT2D eigenvalue weighted by Gasteiger charge is 2.45. The van der Waals surface area contributed by atoms with Crippen molar-refractivity contribution < 1.29 is 9.53 Å². The van der Waals surface area contributed by atoms with Crippen LogP contribution in [-0.2, 0) is 4.74 Å². The van der Waals surface area contributed by atoms with Crippen LogP contribution < -0.4 is 0 Å². The molecule has 2 atom stereocenters. The van der Waals surface area contributed by atoms with Crippen molar-refractivity contribution in [2.24, 2.45) is 5.92 Å². The van der Waals surface area contributed by atoms with E-state index in [0.29, 0.717) is 5.92 Å². The smallest absolute Gasteiger partial charge is 0.256 e. The second-order valence-corrected chi connectivity index (χ2v) is 9.25. The number of fused-ring (bicyclic) bond motifs is 1. The second-order valence-electron chi connectivity index (χ2n) is 9.25. The van der Waals surface area contributed by atoms with Gasteiger partial charge in [0.05, 0.1) is 17.8 Å². The fourth-order valence-electron chi connectivity index (χ4n) is 5.43. The first kappa shape index (κ1) is 19.1. The Bertz CT molecular complexity index is 873. The molecule has 3 aliphatic rings. The Morgan fingerprint density at radius 2 is 2.03 bits per heavy atom. The van der Waals surface area contributed by atoms with E-state index in [9.17, 15) is 4.79 Å². The lowest BCUT2D eigenvalue weighted by Gasteiger charge is -2.40. The SMILES string of the molecule is CN1CCN(CC2COC3(CCCN(C(=O)c4c[nH]c5ccccc45)C3)C2)CC1. The molecule has 1 aromatic heterocycles. The van der Waals surface area contributed by atoms with E-state index < -0.39 is 0 Å². The molecule has 4 heterocycles. The quantitative estimate of drug-likeness (QED) is 0.866. The van der Waals surface area contributed by atoms with Crippen molar-refractivity contribution in [3.8, 4) is 0 Å². The maximum absolute atomic E-state index is 13.3. The third-order valence-corrected chi connectivity index (χ3v) is 7.04. The van der Waals surface area contributed by atoms with Gasteiger partial charge in [-0.25, -0.2) is 0 Å². The molecule has 1 spiro atoms. The molecule has 2 unspecified atom stereocenters. The number of aromatic nitrogens is 1. The zero-order chi connectivity index (χ0) is 19.8. The summed E-state index contributed by atoms with van der Waals surface area (Å²) in [6, 6.07) is 8.04. The molecule has 156 valence electrons. The summed E-state index contributed by atoms with van der Waals surface area (Å²) in [4.78, 5) is 23.5. The molecule has 1 amide bonds. The molecule has 3 aliphatic heterocycles. The molecule has 5 rings (SSSR count). The van der Waals surface area contributed by atoms with E-state index in [1.165, 1.54) is 0 Å². The topological polar surface area (TPSA) is 51.8 Å². The van der Waals surface area contributed by atoms with Gasteiger partial charge in [-0.1, -0.05) is 18.2 Å². The Kier molecular flexibility index (Phi) is 5.10. The number of H-pyrrole nitrogens is 1. The highest BCUT2D eigenvalue weighted by atomic mass is 16.5. The van der Waals surface area contributed by atoms with Gasteiger partial charge in [0, 0.05) is 62.9 Å². The standard InChI is InChI=1S/C23H32N4O2/c1-25-9-11-26(12-10-25)15-18-13-23(29-16-18)7-4-8-27(17-23)22(28)20-14-24-21-6-3-2-5-19(20)21/h2-3,5-6,14,18,24H,4,7-13,15-17H2,1H3. The number of para-hydroxylation sites is 1. The van der Waals surface area contributed by atoms with Gasteiger partial charge in [0.25, 0.3) is 5.91 Å². The van der Waals surface area contributed by atoms with Gasteiger partial charge in [0.1, 0.15) is 0 Å². The van der Waals surface area contributed by atoms with Crippen molar-refractivity contribution in [1.29, 1.82) is 0 Å². The molecule has 0 saturated carbocycles. The minimum absolute atomic E-state index is 0.132. The number of nitrogens with one attached hydrogen (secondary N) is 1. The molecule has 0 radical (unpaired) electrons. The van der Waals surface area contributed by atoms with Gasteiger partial charge < -0.3 is 24.4 Å². The van der Waals surface area contributed by atoms with Crippen molar-refractivity contribution in [3.63, 3.8) is 0 Å². The van der Waals surface area contributed by atoms with E-state index in [1.807, 2.05) is 35.4 Å². The number of carbonyl (C=O) groups excluding carboxylic acids is 1. The fraction of sp³-hybridized carbons (Fsp3) is 0.609. The predicted octanol–water partition coefficient (Wildman–Crippen LogP) is 2.43. The number of amides is 1. The Morgan fingerprint density at radius 1 is 1.21 bits per heavy atom. The highest BCUT2D eigenvalue weighted by Crippen LogP contribution is 2.38. The van der Waals surface area contributed by atoms with Crippen LogP contribution in [0.1, 0.15) is 29.6 Å². The van der Waals surface area contributed by atoms with E-state index >= 15 is 0 Å². The number of aromatic amines is 1. The lowest BCUT2D eigenvalue weighted by Crippen LogP contribution is -2.50. The number of likely N-dealkylation sites (tertiary alicyclic amines) is 1. The van der Waals surface area contributed by atoms with Crippen molar-refractivity contribution in [2.75, 3.05) is 59.5 Å². The molecule has 6 heteroatoms. The molecule has 29 heavy (non-hydrogen) atoms. The minimum Gasteiger partial charge on any atom is -0.373 e. The van der Waals surface area contributed by atoms with Gasteiger partial charge in [-0.2, -0.15) is 0 Å². The number of nitrogens with zero attached hydrogens (tertiary/aromatic N) is 3. The number of hydrogen-bond acceptors (Lipinski definition) is 4. The summed E-state index contributed by atoms with van der Waals surface area (Å²) >= 11 is 0. The predicted molar refractivity (Wildman–Crippen MR) is 114 cm³/mol. The average Bonchev–Trinajstić information content (AvgIpc) is 3.34. The van der Waals surface area contributed by atoms with E-state index in [2.05, 4.69) is 21.8 Å². The van der Waals surface area contributed by atoms with Crippen molar-refractivity contribution in [3.05, 3.63) is 36.0 Å². The van der Waals surface area contributed by atoms with Crippen LogP contribution in [0.4, 0.5) is 0 Å². The van der Waals surface area contributed by atoms with Crippen LogP contribution in [0.3, 0.4) is 0 Å². The number of ether oxygens (including phenoxy) is 1. The molecule has 1 aromatic carbocycles. The number of piperidine rings is 1. The van der Waals surface area contributed by atoms with Gasteiger partial charge in [0.2, 0.25) is 0 Å². The molecular formula is C23H32N4O2. The molecule has 3 fully saturated rings. The van der Waals surface area contributed by atoms with E-state index in [0.717, 1.165) is 88.1 Å². The first-order valence-electron chi connectivity index (χ1n) is 11.0. The third-order valence-electron chi connectivity index (χ3n) is 7.04. The molecule has 1 N–H and O–H groups in total. The number of carbonyl (C=O) groups is 1. The fourth-order valence-corrected chi connectivity index (χ4v) is 5.43. The summed E-state index contributed by atoms with van der Waals surface area (Å²) in [5.41, 5.74) is 1.66. The van der Waals surface area contributed by atoms with Crippen molar-refractivity contribution in [2.45, 2.75) is 24.9 Å². The maximum Gasteiger partial charge on any atom is 0.256 e. The van der Waals surface area contributed by atoms with Gasteiger partial charge in [-0.05, 0) is 38.3 Å². The van der Waals surface area contributed by atoms with E-state index in [4.69, 9.17) is 4.74 Å². The van der Waals surface area contributed by atoms with Crippen LogP contribution in [0, 0.1) is 5.92 Å². The van der Waals surface area contributed by atoms with E-state index in [-0.39, 0.29) is 11.5 Å². The van der Waals surface area contributed by atoms with Crippen molar-refractivity contribution in [1.82, 2.24) is 19.7 Å². The summed E-state index contributed by atoms with van der Waals surface area (Å²) in [6.45, 7) is 8.15. The molecular weight excluding hydrogens is 364 g/mol. The van der Waals surface area contributed by atoms with Crippen LogP contribution in [0.2, 0.25) is 0 Å². The first-order chi connectivity index (χ1) is 14.1. The summed E-state index contributed by atoms with van der Waals surface area (Å²) < 4.78 is 6.40. The second kappa shape index (κ2) is 7.74. The number of hydrogen-bond donors (Lipinski definition) is 1. The molecule has 6 nitrogen and oxygen atoms in total. The summed E-state index contributed by atoms with van der Waals surface area (Å²) in [6.07, 6.45) is 5.04. The lowest BCUT2D eigenvalue weighted by atomic mass is 9.86. The Hall–Kier alpha value is -1.89. The van der Waals surface area contributed by atoms with Crippen molar-refractivity contribution >= 4 is 16.8 Å². The maximum atomic E-state index is 13.3. The van der Waals surface area contributed by atoms with Crippen LogP contribution in [-0.4, -0.2) is 90.7 Å². The lowest BCUT2D eigenvalue weighted by molar-refractivity contribution is -0.0450. The van der Waals surface area contributed by atoms with Gasteiger partial charge in [0.15, 0.2) is 0 Å². The normalized spacial score (nSPS) is 29.1.